The van der Waals surface area contributed by atoms with Crippen LogP contribution in [0, 0.1) is 13.8 Å². The molecule has 2 heterocycles. The lowest BCUT2D eigenvalue weighted by Crippen LogP contribution is -2.31. The van der Waals surface area contributed by atoms with Crippen molar-refractivity contribution in [3.05, 3.63) is 22.2 Å². The van der Waals surface area contributed by atoms with Crippen molar-refractivity contribution in [3.63, 3.8) is 0 Å². The number of aromatic nitrogens is 5. The van der Waals surface area contributed by atoms with Gasteiger partial charge in [-0.05, 0) is 20.8 Å². The van der Waals surface area contributed by atoms with Crippen molar-refractivity contribution in [2.24, 2.45) is 0 Å². The average Bonchev–Trinajstić information content (AvgIpc) is 2.88. The molecule has 0 aliphatic carbocycles. The summed E-state index contributed by atoms with van der Waals surface area (Å²) in [7, 11) is 0. The maximum atomic E-state index is 6.12. The first kappa shape index (κ1) is 13.8. The van der Waals surface area contributed by atoms with E-state index >= 15 is 0 Å². The summed E-state index contributed by atoms with van der Waals surface area (Å²) in [5.41, 5.74) is 7.28. The summed E-state index contributed by atoms with van der Waals surface area (Å²) in [6.45, 7) is 7.26. The highest BCUT2D eigenvalue weighted by Gasteiger charge is 2.12. The molecule has 0 aliphatic rings. The first-order valence-corrected chi connectivity index (χ1v) is 6.44. The number of nitrogens with one attached hydrogen (secondary N) is 2. The summed E-state index contributed by atoms with van der Waals surface area (Å²) in [6, 6.07) is 0.223. The predicted octanol–water partition coefficient (Wildman–Crippen LogP) is 1.03. The zero-order valence-corrected chi connectivity index (χ0v) is 12.0. The molecule has 0 saturated heterocycles. The molecule has 0 aliphatic heterocycles. The Bertz CT molecular complexity index is 559. The number of aryl methyl sites for hydroxylation is 1. The van der Waals surface area contributed by atoms with Gasteiger partial charge in [0.15, 0.2) is 0 Å². The molecule has 0 radical (unpaired) electrons. The molecule has 19 heavy (non-hydrogen) atoms. The molecule has 0 fully saturated rings. The van der Waals surface area contributed by atoms with E-state index in [0.717, 1.165) is 28.8 Å². The molecule has 1 atom stereocenters. The average molecular weight is 284 g/mol. The van der Waals surface area contributed by atoms with Gasteiger partial charge in [0.2, 0.25) is 5.95 Å². The quantitative estimate of drug-likeness (QED) is 0.761. The number of nitrogens with zero attached hydrogens (tertiary/aromatic N) is 4. The Labute approximate surface area is 116 Å². The van der Waals surface area contributed by atoms with Crippen LogP contribution in [-0.4, -0.2) is 31.0 Å². The molecule has 0 unspecified atom stereocenters. The molecule has 8 heteroatoms. The third kappa shape index (κ3) is 3.24. The van der Waals surface area contributed by atoms with Crippen molar-refractivity contribution >= 4 is 17.5 Å². The van der Waals surface area contributed by atoms with Crippen LogP contribution in [0.4, 0.5) is 5.95 Å². The van der Waals surface area contributed by atoms with Crippen molar-refractivity contribution in [2.75, 3.05) is 5.73 Å². The van der Waals surface area contributed by atoms with Crippen LogP contribution in [0.5, 0.6) is 0 Å². The maximum Gasteiger partial charge on any atom is 0.239 e. The van der Waals surface area contributed by atoms with Gasteiger partial charge in [-0.15, -0.1) is 5.10 Å². The number of aromatic amines is 1. The van der Waals surface area contributed by atoms with E-state index in [2.05, 4.69) is 32.5 Å². The zero-order valence-electron chi connectivity index (χ0n) is 11.2. The van der Waals surface area contributed by atoms with Gasteiger partial charge in [-0.1, -0.05) is 11.6 Å². The van der Waals surface area contributed by atoms with Crippen molar-refractivity contribution in [1.29, 1.82) is 0 Å². The number of anilines is 1. The Balaban J connectivity index is 1.90. The van der Waals surface area contributed by atoms with Crippen LogP contribution >= 0.6 is 11.6 Å². The molecular weight excluding hydrogens is 266 g/mol. The van der Waals surface area contributed by atoms with E-state index in [0.29, 0.717) is 6.54 Å². The third-order valence-electron chi connectivity index (χ3n) is 2.91. The van der Waals surface area contributed by atoms with Gasteiger partial charge in [-0.2, -0.15) is 10.1 Å². The molecule has 2 aromatic rings. The fraction of sp³-hybridized carbons (Fsp3) is 0.545. The van der Waals surface area contributed by atoms with Crippen LogP contribution in [0.1, 0.15) is 24.1 Å². The summed E-state index contributed by atoms with van der Waals surface area (Å²) in [6.07, 6.45) is 0. The van der Waals surface area contributed by atoms with E-state index in [1.54, 1.807) is 0 Å². The van der Waals surface area contributed by atoms with E-state index in [1.165, 1.54) is 0 Å². The molecular formula is C11H18ClN7. The molecule has 0 aromatic carbocycles. The van der Waals surface area contributed by atoms with Gasteiger partial charge in [0.25, 0.3) is 0 Å². The number of halogens is 1. The molecule has 2 aromatic heterocycles. The number of nitrogen functional groups attached to an aromatic ring is 1. The number of H-pyrrole nitrogens is 1. The van der Waals surface area contributed by atoms with E-state index in [4.69, 9.17) is 17.3 Å². The minimum absolute atomic E-state index is 0.223. The molecule has 0 saturated carbocycles. The summed E-state index contributed by atoms with van der Waals surface area (Å²) in [5, 5.41) is 15.0. The van der Waals surface area contributed by atoms with Crippen LogP contribution in [0.3, 0.4) is 0 Å². The lowest BCUT2D eigenvalue weighted by Gasteiger charge is -2.14. The first-order chi connectivity index (χ1) is 8.97. The van der Waals surface area contributed by atoms with E-state index in [1.807, 2.05) is 18.5 Å². The molecule has 0 spiro atoms. The van der Waals surface area contributed by atoms with Gasteiger partial charge in [0, 0.05) is 6.04 Å². The lowest BCUT2D eigenvalue weighted by atomic mass is 10.3. The number of rotatable bonds is 5. The molecule has 7 nitrogen and oxygen atoms in total. The van der Waals surface area contributed by atoms with Crippen LogP contribution in [-0.2, 0) is 13.1 Å². The topological polar surface area (TPSA) is 97.4 Å². The Hall–Kier alpha value is -1.60. The lowest BCUT2D eigenvalue weighted by molar-refractivity contribution is 0.439. The Morgan fingerprint density at radius 2 is 2.21 bits per heavy atom. The SMILES string of the molecule is Cc1nn(C[C@@H](C)NCc2nc(N)n[nH]2)c(C)c1Cl. The second kappa shape index (κ2) is 5.58. The second-order valence-electron chi connectivity index (χ2n) is 4.59. The van der Waals surface area contributed by atoms with Crippen molar-refractivity contribution < 1.29 is 0 Å². The highest BCUT2D eigenvalue weighted by atomic mass is 35.5. The van der Waals surface area contributed by atoms with Gasteiger partial charge in [0.1, 0.15) is 5.82 Å². The van der Waals surface area contributed by atoms with Gasteiger partial charge >= 0.3 is 0 Å². The van der Waals surface area contributed by atoms with Crippen LogP contribution in [0.15, 0.2) is 0 Å². The van der Waals surface area contributed by atoms with Crippen LogP contribution in [0.25, 0.3) is 0 Å². The standard InChI is InChI=1S/C11H18ClN7/c1-6(14-4-9-15-11(13)17-16-9)5-19-8(3)10(12)7(2)18-19/h6,14H,4-5H2,1-3H3,(H3,13,15,16,17)/t6-/m1/s1. The largest absolute Gasteiger partial charge is 0.367 e. The second-order valence-corrected chi connectivity index (χ2v) is 4.97. The number of nitrogens with two attached hydrogens (primary N) is 1. The third-order valence-corrected chi connectivity index (χ3v) is 3.45. The molecule has 4 N–H and O–H groups in total. The first-order valence-electron chi connectivity index (χ1n) is 6.07. The number of hydrogen-bond acceptors (Lipinski definition) is 5. The normalized spacial score (nSPS) is 12.8. The van der Waals surface area contributed by atoms with E-state index < -0.39 is 0 Å². The van der Waals surface area contributed by atoms with Gasteiger partial charge in [-0.3, -0.25) is 9.78 Å². The van der Waals surface area contributed by atoms with Crippen molar-refractivity contribution in [3.8, 4) is 0 Å². The molecule has 104 valence electrons. The molecule has 0 amide bonds. The van der Waals surface area contributed by atoms with Gasteiger partial charge < -0.3 is 11.1 Å². The highest BCUT2D eigenvalue weighted by molar-refractivity contribution is 6.31. The summed E-state index contributed by atoms with van der Waals surface area (Å²) < 4.78 is 1.91. The summed E-state index contributed by atoms with van der Waals surface area (Å²) in [4.78, 5) is 4.03. The maximum absolute atomic E-state index is 6.12. The van der Waals surface area contributed by atoms with Crippen molar-refractivity contribution in [2.45, 2.75) is 39.9 Å². The minimum atomic E-state index is 0.223. The minimum Gasteiger partial charge on any atom is -0.367 e. The van der Waals surface area contributed by atoms with Gasteiger partial charge in [0.05, 0.1) is 29.5 Å². The molecule has 0 bridgehead atoms. The van der Waals surface area contributed by atoms with Crippen molar-refractivity contribution in [1.82, 2.24) is 30.3 Å². The van der Waals surface area contributed by atoms with Crippen LogP contribution < -0.4 is 11.1 Å². The van der Waals surface area contributed by atoms with E-state index in [9.17, 15) is 0 Å². The predicted molar refractivity (Wildman–Crippen MR) is 73.8 cm³/mol. The zero-order chi connectivity index (χ0) is 14.0. The Morgan fingerprint density at radius 1 is 1.47 bits per heavy atom. The highest BCUT2D eigenvalue weighted by Crippen LogP contribution is 2.18. The Morgan fingerprint density at radius 3 is 2.74 bits per heavy atom. The summed E-state index contributed by atoms with van der Waals surface area (Å²) in [5.74, 6) is 0.977. The van der Waals surface area contributed by atoms with Gasteiger partial charge in [-0.25, -0.2) is 0 Å². The fourth-order valence-electron chi connectivity index (χ4n) is 1.84. The monoisotopic (exact) mass is 283 g/mol. The summed E-state index contributed by atoms with van der Waals surface area (Å²) >= 11 is 6.12. The molecule has 2 rings (SSSR count). The number of hydrogen-bond donors (Lipinski definition) is 3. The Kier molecular flexibility index (Phi) is 4.06. The van der Waals surface area contributed by atoms with Crippen LogP contribution in [0.2, 0.25) is 5.02 Å². The fourth-order valence-corrected chi connectivity index (χ4v) is 1.97. The smallest absolute Gasteiger partial charge is 0.239 e. The van der Waals surface area contributed by atoms with E-state index in [-0.39, 0.29) is 12.0 Å².